The standard InChI is InChI=1S/C18H21NO4/c20-18(21)17-8-7-16(23-17)14-5-4-6-15(13-14)22-12-11-19-9-2-1-3-10-19/h4-8,13H,1-3,9-12H2,(H,20,21). The highest BCUT2D eigenvalue weighted by Crippen LogP contribution is 2.26. The molecule has 122 valence electrons. The average Bonchev–Trinajstić information content (AvgIpc) is 3.07. The van der Waals surface area contributed by atoms with Gasteiger partial charge in [0.25, 0.3) is 0 Å². The number of nitrogens with zero attached hydrogens (tertiary/aromatic N) is 1. The number of likely N-dealkylation sites (tertiary alicyclic amines) is 1. The molecule has 1 N–H and O–H groups in total. The topological polar surface area (TPSA) is 62.9 Å². The van der Waals surface area contributed by atoms with E-state index >= 15 is 0 Å². The van der Waals surface area contributed by atoms with Crippen molar-refractivity contribution in [3.63, 3.8) is 0 Å². The monoisotopic (exact) mass is 315 g/mol. The van der Waals surface area contributed by atoms with Crippen LogP contribution in [0.3, 0.4) is 0 Å². The Hall–Kier alpha value is -2.27. The van der Waals surface area contributed by atoms with Crippen LogP contribution in [0.1, 0.15) is 29.8 Å². The third-order valence-corrected chi connectivity index (χ3v) is 4.06. The van der Waals surface area contributed by atoms with Gasteiger partial charge in [-0.1, -0.05) is 18.6 Å². The third-order valence-electron chi connectivity index (χ3n) is 4.06. The van der Waals surface area contributed by atoms with E-state index in [1.165, 1.54) is 25.3 Å². The van der Waals surface area contributed by atoms with Gasteiger partial charge in [0.05, 0.1) is 0 Å². The maximum Gasteiger partial charge on any atom is 0.371 e. The normalized spacial score (nSPS) is 15.5. The number of carbonyl (C=O) groups is 1. The number of carboxylic acids is 1. The average molecular weight is 315 g/mol. The Morgan fingerprint density at radius 1 is 1.17 bits per heavy atom. The molecule has 1 saturated heterocycles. The van der Waals surface area contributed by atoms with E-state index < -0.39 is 5.97 Å². The molecule has 5 heteroatoms. The van der Waals surface area contributed by atoms with Crippen molar-refractivity contribution in [3.8, 4) is 17.1 Å². The van der Waals surface area contributed by atoms with Crippen LogP contribution < -0.4 is 4.74 Å². The molecule has 2 heterocycles. The molecule has 23 heavy (non-hydrogen) atoms. The van der Waals surface area contributed by atoms with Crippen molar-refractivity contribution in [3.05, 3.63) is 42.2 Å². The summed E-state index contributed by atoms with van der Waals surface area (Å²) in [6, 6.07) is 10.7. The molecule has 2 aromatic rings. The molecular weight excluding hydrogens is 294 g/mol. The molecule has 1 aromatic carbocycles. The highest BCUT2D eigenvalue weighted by atomic mass is 16.5. The van der Waals surface area contributed by atoms with Gasteiger partial charge in [-0.25, -0.2) is 4.79 Å². The van der Waals surface area contributed by atoms with Gasteiger partial charge in [-0.2, -0.15) is 0 Å². The Bertz CT molecular complexity index is 659. The van der Waals surface area contributed by atoms with E-state index in [0.717, 1.165) is 30.9 Å². The number of hydrogen-bond acceptors (Lipinski definition) is 4. The van der Waals surface area contributed by atoms with Gasteiger partial charge in [0, 0.05) is 12.1 Å². The lowest BCUT2D eigenvalue weighted by Crippen LogP contribution is -2.33. The number of benzene rings is 1. The largest absolute Gasteiger partial charge is 0.492 e. The van der Waals surface area contributed by atoms with Gasteiger partial charge in [0.2, 0.25) is 5.76 Å². The second-order valence-electron chi connectivity index (χ2n) is 5.75. The van der Waals surface area contributed by atoms with Crippen LogP contribution in [0.5, 0.6) is 5.75 Å². The molecule has 0 unspecified atom stereocenters. The Labute approximate surface area is 135 Å². The van der Waals surface area contributed by atoms with E-state index in [-0.39, 0.29) is 5.76 Å². The molecule has 5 nitrogen and oxygen atoms in total. The number of hydrogen-bond donors (Lipinski definition) is 1. The first-order chi connectivity index (χ1) is 11.2. The summed E-state index contributed by atoms with van der Waals surface area (Å²) in [5, 5.41) is 8.92. The Morgan fingerprint density at radius 3 is 2.74 bits per heavy atom. The van der Waals surface area contributed by atoms with E-state index in [1.807, 2.05) is 24.3 Å². The van der Waals surface area contributed by atoms with E-state index in [9.17, 15) is 4.79 Å². The Balaban J connectivity index is 1.59. The number of furan rings is 1. The summed E-state index contributed by atoms with van der Waals surface area (Å²) < 4.78 is 11.1. The Morgan fingerprint density at radius 2 is 2.00 bits per heavy atom. The summed E-state index contributed by atoms with van der Waals surface area (Å²) in [7, 11) is 0. The molecule has 1 fully saturated rings. The third kappa shape index (κ3) is 4.13. The summed E-state index contributed by atoms with van der Waals surface area (Å²) in [6.07, 6.45) is 3.89. The number of rotatable bonds is 6. The zero-order chi connectivity index (χ0) is 16.1. The number of carboxylic acid groups (broad SMARTS) is 1. The Kier molecular flexibility index (Phi) is 4.98. The molecule has 1 aliphatic heterocycles. The first-order valence-corrected chi connectivity index (χ1v) is 8.01. The summed E-state index contributed by atoms with van der Waals surface area (Å²) in [5.74, 6) is 0.179. The lowest BCUT2D eigenvalue weighted by atomic mass is 10.1. The molecule has 0 bridgehead atoms. The van der Waals surface area contributed by atoms with Gasteiger partial charge in [0.15, 0.2) is 0 Å². The molecule has 0 saturated carbocycles. The highest BCUT2D eigenvalue weighted by Gasteiger charge is 2.12. The fraction of sp³-hybridized carbons (Fsp3) is 0.389. The molecule has 1 aromatic heterocycles. The lowest BCUT2D eigenvalue weighted by Gasteiger charge is -2.26. The van der Waals surface area contributed by atoms with Crippen LogP contribution >= 0.6 is 0 Å². The lowest BCUT2D eigenvalue weighted by molar-refractivity contribution is 0.0663. The van der Waals surface area contributed by atoms with Gasteiger partial charge in [0.1, 0.15) is 18.1 Å². The van der Waals surface area contributed by atoms with Crippen LogP contribution in [-0.2, 0) is 0 Å². The molecular formula is C18H21NO4. The fourth-order valence-electron chi connectivity index (χ4n) is 2.82. The first kappa shape index (κ1) is 15.6. The zero-order valence-corrected chi connectivity index (χ0v) is 13.0. The van der Waals surface area contributed by atoms with Gasteiger partial charge in [-0.15, -0.1) is 0 Å². The zero-order valence-electron chi connectivity index (χ0n) is 13.0. The predicted molar refractivity (Wildman–Crippen MR) is 86.9 cm³/mol. The van der Waals surface area contributed by atoms with Crippen LogP contribution in [-0.4, -0.2) is 42.2 Å². The van der Waals surface area contributed by atoms with Crippen LogP contribution in [0, 0.1) is 0 Å². The van der Waals surface area contributed by atoms with Crippen molar-refractivity contribution >= 4 is 5.97 Å². The number of ether oxygens (including phenoxy) is 1. The maximum absolute atomic E-state index is 10.9. The smallest absolute Gasteiger partial charge is 0.371 e. The van der Waals surface area contributed by atoms with E-state index in [4.69, 9.17) is 14.3 Å². The van der Waals surface area contributed by atoms with Crippen LogP contribution in [0.25, 0.3) is 11.3 Å². The van der Waals surface area contributed by atoms with Crippen molar-refractivity contribution in [2.45, 2.75) is 19.3 Å². The summed E-state index contributed by atoms with van der Waals surface area (Å²) in [6.45, 7) is 3.91. The van der Waals surface area contributed by atoms with Crippen molar-refractivity contribution < 1.29 is 19.1 Å². The summed E-state index contributed by atoms with van der Waals surface area (Å²) in [5.41, 5.74) is 0.813. The number of piperidine rings is 1. The van der Waals surface area contributed by atoms with E-state index in [0.29, 0.717) is 12.4 Å². The second kappa shape index (κ2) is 7.33. The molecule has 0 radical (unpaired) electrons. The summed E-state index contributed by atoms with van der Waals surface area (Å²) >= 11 is 0. The SMILES string of the molecule is O=C(O)c1ccc(-c2cccc(OCCN3CCCCC3)c2)o1. The molecule has 0 spiro atoms. The highest BCUT2D eigenvalue weighted by molar-refractivity contribution is 5.85. The minimum atomic E-state index is -1.06. The minimum absolute atomic E-state index is 0.0589. The molecule has 3 rings (SSSR count). The molecule has 1 aliphatic rings. The van der Waals surface area contributed by atoms with E-state index in [2.05, 4.69) is 4.90 Å². The molecule has 0 atom stereocenters. The predicted octanol–water partition coefficient (Wildman–Crippen LogP) is 3.51. The van der Waals surface area contributed by atoms with Crippen LogP contribution in [0.15, 0.2) is 40.8 Å². The van der Waals surface area contributed by atoms with Crippen molar-refractivity contribution in [2.24, 2.45) is 0 Å². The fourth-order valence-corrected chi connectivity index (χ4v) is 2.82. The van der Waals surface area contributed by atoms with Gasteiger partial charge >= 0.3 is 5.97 Å². The van der Waals surface area contributed by atoms with Gasteiger partial charge in [-0.3, -0.25) is 4.90 Å². The van der Waals surface area contributed by atoms with Crippen molar-refractivity contribution in [1.82, 2.24) is 4.90 Å². The number of aromatic carboxylic acids is 1. The summed E-state index contributed by atoms with van der Waals surface area (Å²) in [4.78, 5) is 13.3. The second-order valence-corrected chi connectivity index (χ2v) is 5.75. The van der Waals surface area contributed by atoms with Crippen LogP contribution in [0.2, 0.25) is 0 Å². The van der Waals surface area contributed by atoms with Crippen molar-refractivity contribution in [2.75, 3.05) is 26.2 Å². The van der Waals surface area contributed by atoms with Crippen LogP contribution in [0.4, 0.5) is 0 Å². The first-order valence-electron chi connectivity index (χ1n) is 8.01. The molecule has 0 amide bonds. The van der Waals surface area contributed by atoms with Gasteiger partial charge < -0.3 is 14.3 Å². The minimum Gasteiger partial charge on any atom is -0.492 e. The van der Waals surface area contributed by atoms with E-state index in [1.54, 1.807) is 6.07 Å². The maximum atomic E-state index is 10.9. The van der Waals surface area contributed by atoms with Crippen molar-refractivity contribution in [1.29, 1.82) is 0 Å². The van der Waals surface area contributed by atoms with Gasteiger partial charge in [-0.05, 0) is 50.2 Å². The quantitative estimate of drug-likeness (QED) is 0.884. The molecule has 0 aliphatic carbocycles.